The van der Waals surface area contributed by atoms with Crippen LogP contribution >= 0.6 is 11.3 Å². The number of aromatic nitrogens is 2. The normalized spacial score (nSPS) is 13.6. The maximum atomic E-state index is 7.57. The average molecular weight is 974 g/mol. The summed E-state index contributed by atoms with van der Waals surface area (Å²) in [6, 6.07) is 86.9. The van der Waals surface area contributed by atoms with Crippen LogP contribution < -0.4 is 51.5 Å². The molecule has 6 nitrogen and oxygen atoms in total. The summed E-state index contributed by atoms with van der Waals surface area (Å²) in [5, 5.41) is 3.65. The van der Waals surface area contributed by atoms with Crippen molar-refractivity contribution in [3.8, 4) is 22.9 Å². The molecule has 0 unspecified atom stereocenters. The van der Waals surface area contributed by atoms with E-state index in [9.17, 15) is 0 Å². The number of para-hydroxylation sites is 6. The largest absolute Gasteiger partial charge is 0.458 e. The van der Waals surface area contributed by atoms with E-state index in [1.165, 1.54) is 75.5 Å². The Morgan fingerprint density at radius 3 is 1.56 bits per heavy atom. The summed E-state index contributed by atoms with van der Waals surface area (Å²) < 4.78 is 14.8. The molecule has 348 valence electrons. The first-order chi connectivity index (χ1) is 37.2. The third-order valence-corrected chi connectivity index (χ3v) is 17.4. The number of ether oxygens (including phenoxy) is 1. The van der Waals surface area contributed by atoms with E-state index in [-0.39, 0.29) is 13.4 Å². The van der Waals surface area contributed by atoms with Gasteiger partial charge in [0.25, 0.3) is 13.4 Å². The second kappa shape index (κ2) is 15.5. The number of anilines is 9. The van der Waals surface area contributed by atoms with Crippen molar-refractivity contribution in [3.63, 3.8) is 0 Å². The monoisotopic (exact) mass is 973 g/mol. The first-order valence-corrected chi connectivity index (χ1v) is 26.5. The number of hydrogen-bond donors (Lipinski definition) is 0. The van der Waals surface area contributed by atoms with Crippen LogP contribution in [0.3, 0.4) is 0 Å². The molecule has 75 heavy (non-hydrogen) atoms. The van der Waals surface area contributed by atoms with Gasteiger partial charge in [0.05, 0.1) is 22.4 Å². The summed E-state index contributed by atoms with van der Waals surface area (Å²) in [5.41, 5.74) is 20.9. The summed E-state index contributed by atoms with van der Waals surface area (Å²) >= 11 is 1.93. The Hall–Kier alpha value is -9.43. The zero-order chi connectivity index (χ0) is 48.9. The summed E-state index contributed by atoms with van der Waals surface area (Å²) in [7, 11) is 0. The average Bonchev–Trinajstić information content (AvgIpc) is 4.32. The highest BCUT2D eigenvalue weighted by Gasteiger charge is 2.49. The van der Waals surface area contributed by atoms with Crippen molar-refractivity contribution in [1.82, 2.24) is 9.13 Å². The van der Waals surface area contributed by atoms with Crippen LogP contribution in [0, 0.1) is 0 Å². The van der Waals surface area contributed by atoms with Gasteiger partial charge in [0.1, 0.15) is 11.5 Å². The second-order valence-electron chi connectivity index (χ2n) is 20.1. The summed E-state index contributed by atoms with van der Waals surface area (Å²) in [5.74, 6) is 1.73. The zero-order valence-corrected chi connectivity index (χ0v) is 41.2. The van der Waals surface area contributed by atoms with E-state index in [4.69, 9.17) is 4.74 Å². The third-order valence-electron chi connectivity index (χ3n) is 16.1. The summed E-state index contributed by atoms with van der Waals surface area (Å²) in [6.07, 6.45) is 4.41. The predicted octanol–water partition coefficient (Wildman–Crippen LogP) is 13.3. The van der Waals surface area contributed by atoms with Crippen LogP contribution in [0.1, 0.15) is 0 Å². The molecule has 7 heterocycles. The minimum Gasteiger partial charge on any atom is -0.458 e. The molecular formula is C66H41B2N5OS. The fraction of sp³-hybridized carbons (Fsp3) is 0. The molecule has 0 aliphatic carbocycles. The van der Waals surface area contributed by atoms with Crippen molar-refractivity contribution in [2.24, 2.45) is 0 Å². The lowest BCUT2D eigenvalue weighted by molar-refractivity contribution is 0.487. The van der Waals surface area contributed by atoms with Crippen molar-refractivity contribution in [1.29, 1.82) is 0 Å². The van der Waals surface area contributed by atoms with Crippen LogP contribution in [0.15, 0.2) is 249 Å². The van der Waals surface area contributed by atoms with Crippen LogP contribution in [0.5, 0.6) is 11.5 Å². The minimum absolute atomic E-state index is 0.0944. The highest BCUT2D eigenvalue weighted by Crippen LogP contribution is 2.50. The summed E-state index contributed by atoms with van der Waals surface area (Å²) in [6.45, 7) is -0.208. The number of thiophene rings is 1. The molecule has 0 bridgehead atoms. The third kappa shape index (κ3) is 5.81. The standard InChI is InChI=1S/C66H41B2N5OS/c1-4-20-44(21-5-1)71-55-30-16-13-27-50(55)67-52-40-51-56(41-60(52)74-61-39-48(38-59(71)64(61)67)70-35-33-43-19-11-15-29-54(43)70)72(45-22-6-2-7-23-45)57-36-47(69-34-32-42-18-10-14-28-53(42)69)37-58-63(57)68(51)66-65(49-26-12-17-31-62(49)75-66)73(58)46-24-8-3-9-25-46/h1-41H. The number of hydrogen-bond acceptors (Lipinski definition) is 5. The molecule has 0 saturated heterocycles. The van der Waals surface area contributed by atoms with Gasteiger partial charge in [-0.3, -0.25) is 0 Å². The smallest absolute Gasteiger partial charge is 0.264 e. The fourth-order valence-corrected chi connectivity index (χ4v) is 14.4. The van der Waals surface area contributed by atoms with Gasteiger partial charge in [0.15, 0.2) is 0 Å². The molecule has 13 aromatic rings. The highest BCUT2D eigenvalue weighted by atomic mass is 32.1. The van der Waals surface area contributed by atoms with Crippen molar-refractivity contribution >= 4 is 140 Å². The molecular weight excluding hydrogens is 932 g/mol. The molecule has 4 aliphatic heterocycles. The molecule has 17 rings (SSSR count). The predicted molar refractivity (Wildman–Crippen MR) is 315 cm³/mol. The van der Waals surface area contributed by atoms with Crippen LogP contribution in [0.4, 0.5) is 51.2 Å². The molecule has 0 fully saturated rings. The molecule has 0 saturated carbocycles. The Labute approximate surface area is 437 Å². The van der Waals surface area contributed by atoms with Gasteiger partial charge in [0.2, 0.25) is 0 Å². The Morgan fingerprint density at radius 2 is 0.880 bits per heavy atom. The van der Waals surface area contributed by atoms with Crippen LogP contribution in [-0.4, -0.2) is 22.6 Å². The van der Waals surface area contributed by atoms with E-state index in [2.05, 4.69) is 273 Å². The topological polar surface area (TPSA) is 28.8 Å². The van der Waals surface area contributed by atoms with Crippen molar-refractivity contribution in [2.75, 3.05) is 14.7 Å². The van der Waals surface area contributed by atoms with Gasteiger partial charge < -0.3 is 28.6 Å². The van der Waals surface area contributed by atoms with E-state index in [1.807, 2.05) is 11.3 Å². The maximum Gasteiger partial charge on any atom is 0.264 e. The van der Waals surface area contributed by atoms with E-state index in [0.717, 1.165) is 62.5 Å². The van der Waals surface area contributed by atoms with E-state index in [1.54, 1.807) is 0 Å². The molecule has 0 atom stereocenters. The molecule has 3 aromatic heterocycles. The molecule has 4 aliphatic rings. The fourth-order valence-electron chi connectivity index (χ4n) is 13.0. The molecule has 0 N–H and O–H groups in total. The molecule has 0 spiro atoms. The van der Waals surface area contributed by atoms with Gasteiger partial charge in [0, 0.05) is 90.6 Å². The van der Waals surface area contributed by atoms with E-state index < -0.39 is 0 Å². The molecule has 10 aromatic carbocycles. The molecule has 0 amide bonds. The first-order valence-electron chi connectivity index (χ1n) is 25.7. The zero-order valence-electron chi connectivity index (χ0n) is 40.4. The Balaban J connectivity index is 0.973. The van der Waals surface area contributed by atoms with Gasteiger partial charge in [-0.05, 0) is 129 Å². The van der Waals surface area contributed by atoms with Crippen LogP contribution in [-0.2, 0) is 0 Å². The highest BCUT2D eigenvalue weighted by molar-refractivity contribution is 7.33. The lowest BCUT2D eigenvalue weighted by Gasteiger charge is -2.45. The summed E-state index contributed by atoms with van der Waals surface area (Å²) in [4.78, 5) is 7.51. The Kier molecular flexibility index (Phi) is 8.51. The van der Waals surface area contributed by atoms with Gasteiger partial charge in [-0.2, -0.15) is 0 Å². The second-order valence-corrected chi connectivity index (χ2v) is 21.1. The molecule has 9 heteroatoms. The van der Waals surface area contributed by atoms with Gasteiger partial charge >= 0.3 is 0 Å². The molecule has 0 radical (unpaired) electrons. The van der Waals surface area contributed by atoms with E-state index in [0.29, 0.717) is 0 Å². The van der Waals surface area contributed by atoms with Crippen molar-refractivity contribution in [3.05, 3.63) is 249 Å². The maximum absolute atomic E-state index is 7.57. The number of benzene rings is 10. The lowest BCUT2D eigenvalue weighted by atomic mass is 9.31. The van der Waals surface area contributed by atoms with Crippen LogP contribution in [0.25, 0.3) is 43.3 Å². The Morgan fingerprint density at radius 1 is 0.347 bits per heavy atom. The Bertz CT molecular complexity index is 4510. The minimum atomic E-state index is -0.114. The van der Waals surface area contributed by atoms with Crippen LogP contribution in [0.2, 0.25) is 0 Å². The first kappa shape index (κ1) is 41.1. The number of nitrogens with zero attached hydrogens (tertiary/aromatic N) is 5. The van der Waals surface area contributed by atoms with Gasteiger partial charge in [-0.15, -0.1) is 11.3 Å². The lowest BCUT2D eigenvalue weighted by Crippen LogP contribution is -2.64. The number of fused-ring (bicyclic) bond motifs is 12. The quantitative estimate of drug-likeness (QED) is 0.161. The SMILES string of the molecule is c1ccc(N2c3ccccc3B3c4cc5c(cc4Oc4cc(-n6ccc7ccccc76)cc2c43)N(c2ccccc2)c2cc(-n3ccc4ccccc43)cc3c2B5c2sc4ccccc4c2N3c2ccccc2)cc1. The van der Waals surface area contributed by atoms with Crippen molar-refractivity contribution in [2.45, 2.75) is 0 Å². The van der Waals surface area contributed by atoms with Crippen molar-refractivity contribution < 1.29 is 4.74 Å². The van der Waals surface area contributed by atoms with E-state index >= 15 is 0 Å². The van der Waals surface area contributed by atoms with Gasteiger partial charge in [-0.25, -0.2) is 0 Å². The number of rotatable bonds is 5. The van der Waals surface area contributed by atoms with Gasteiger partial charge in [-0.1, -0.05) is 133 Å².